The highest BCUT2D eigenvalue weighted by Crippen LogP contribution is 2.31. The Morgan fingerprint density at radius 1 is 0.708 bits per heavy atom. The third-order valence-corrected chi connectivity index (χ3v) is 3.85. The van der Waals surface area contributed by atoms with Gasteiger partial charge in [-0.3, -0.25) is 4.98 Å². The van der Waals surface area contributed by atoms with Crippen LogP contribution in [-0.2, 0) is 6.18 Å². The highest BCUT2D eigenvalue weighted by Gasteiger charge is 2.30. The van der Waals surface area contributed by atoms with E-state index >= 15 is 0 Å². The molecule has 1 heterocycles. The van der Waals surface area contributed by atoms with Gasteiger partial charge in [0.05, 0.1) is 11.3 Å². The molecule has 0 amide bonds. The first-order chi connectivity index (χ1) is 11.3. The van der Waals surface area contributed by atoms with Gasteiger partial charge < -0.3 is 0 Å². The summed E-state index contributed by atoms with van der Waals surface area (Å²) in [6, 6.07) is 17.1. The van der Waals surface area contributed by atoms with Crippen LogP contribution in [0.15, 0.2) is 60.7 Å². The van der Waals surface area contributed by atoms with Gasteiger partial charge in [0.2, 0.25) is 0 Å². The average molecular weight is 327 g/mol. The predicted octanol–water partition coefficient (Wildman–Crippen LogP) is 6.05. The Hall–Kier alpha value is -2.62. The fraction of sp³-hybridized carbons (Fsp3) is 0.150. The van der Waals surface area contributed by atoms with Crippen molar-refractivity contribution in [1.29, 1.82) is 0 Å². The van der Waals surface area contributed by atoms with Crippen LogP contribution in [0.25, 0.3) is 22.4 Å². The largest absolute Gasteiger partial charge is 0.416 e. The molecular formula is C20H16F3N. The second-order valence-corrected chi connectivity index (χ2v) is 5.82. The van der Waals surface area contributed by atoms with Crippen molar-refractivity contribution in [2.45, 2.75) is 20.0 Å². The van der Waals surface area contributed by atoms with Gasteiger partial charge in [0, 0.05) is 11.3 Å². The third-order valence-electron chi connectivity index (χ3n) is 3.85. The molecule has 0 atom stereocenters. The first-order valence-corrected chi connectivity index (χ1v) is 7.56. The Labute approximate surface area is 138 Å². The second-order valence-electron chi connectivity index (χ2n) is 5.82. The summed E-state index contributed by atoms with van der Waals surface area (Å²) < 4.78 is 38.1. The Balaban J connectivity index is 2.01. The molecule has 24 heavy (non-hydrogen) atoms. The molecule has 0 saturated heterocycles. The van der Waals surface area contributed by atoms with Gasteiger partial charge in [0.15, 0.2) is 0 Å². The molecule has 3 aromatic rings. The number of nitrogens with zero attached hydrogens (tertiary/aromatic N) is 1. The van der Waals surface area contributed by atoms with E-state index < -0.39 is 11.7 Å². The molecule has 2 aromatic carbocycles. The number of pyridine rings is 1. The maximum atomic E-state index is 12.7. The summed E-state index contributed by atoms with van der Waals surface area (Å²) in [5.41, 5.74) is 4.73. The average Bonchev–Trinajstić information content (AvgIpc) is 2.54. The summed E-state index contributed by atoms with van der Waals surface area (Å²) in [7, 11) is 0. The van der Waals surface area contributed by atoms with Crippen LogP contribution in [0.3, 0.4) is 0 Å². The number of rotatable bonds is 2. The molecule has 0 aliphatic heterocycles. The zero-order valence-corrected chi connectivity index (χ0v) is 13.4. The molecule has 0 spiro atoms. The van der Waals surface area contributed by atoms with Crippen molar-refractivity contribution in [3.05, 3.63) is 77.5 Å². The highest BCUT2D eigenvalue weighted by atomic mass is 19.4. The van der Waals surface area contributed by atoms with Crippen molar-refractivity contribution in [1.82, 2.24) is 4.98 Å². The molecule has 0 unspecified atom stereocenters. The van der Waals surface area contributed by atoms with Crippen LogP contribution < -0.4 is 0 Å². The number of benzene rings is 2. The molecule has 122 valence electrons. The van der Waals surface area contributed by atoms with Crippen LogP contribution in [-0.4, -0.2) is 4.98 Å². The van der Waals surface area contributed by atoms with E-state index in [-0.39, 0.29) is 0 Å². The molecule has 0 aliphatic rings. The zero-order chi connectivity index (χ0) is 17.3. The maximum Gasteiger partial charge on any atom is 0.416 e. The minimum atomic E-state index is -4.33. The smallest absolute Gasteiger partial charge is 0.253 e. The third kappa shape index (κ3) is 3.48. The molecule has 0 radical (unpaired) electrons. The summed E-state index contributed by atoms with van der Waals surface area (Å²) in [6.07, 6.45) is -4.33. The van der Waals surface area contributed by atoms with Gasteiger partial charge in [0.1, 0.15) is 0 Å². The molecule has 3 rings (SSSR count). The van der Waals surface area contributed by atoms with Crippen LogP contribution in [0.1, 0.15) is 16.8 Å². The Morgan fingerprint density at radius 3 is 1.88 bits per heavy atom. The van der Waals surface area contributed by atoms with Gasteiger partial charge in [-0.05, 0) is 49.2 Å². The number of hydrogen-bond acceptors (Lipinski definition) is 1. The molecule has 0 bridgehead atoms. The van der Waals surface area contributed by atoms with E-state index in [1.807, 2.05) is 50.2 Å². The molecule has 1 aromatic heterocycles. The Morgan fingerprint density at radius 2 is 1.29 bits per heavy atom. The molecule has 0 saturated carbocycles. The first kappa shape index (κ1) is 16.2. The summed E-state index contributed by atoms with van der Waals surface area (Å²) >= 11 is 0. The van der Waals surface area contributed by atoms with Gasteiger partial charge in [-0.25, -0.2) is 0 Å². The summed E-state index contributed by atoms with van der Waals surface area (Å²) in [6.45, 7) is 3.90. The Bertz CT molecular complexity index is 848. The molecule has 0 aliphatic carbocycles. The van der Waals surface area contributed by atoms with Gasteiger partial charge in [0.25, 0.3) is 0 Å². The van der Waals surface area contributed by atoms with Crippen LogP contribution in [0, 0.1) is 13.8 Å². The van der Waals surface area contributed by atoms with E-state index in [2.05, 4.69) is 4.98 Å². The minimum absolute atomic E-state index is 0.655. The van der Waals surface area contributed by atoms with E-state index in [0.717, 1.165) is 29.0 Å². The molecule has 0 N–H and O–H groups in total. The lowest BCUT2D eigenvalue weighted by molar-refractivity contribution is -0.137. The molecule has 0 fully saturated rings. The fourth-order valence-corrected chi connectivity index (χ4v) is 2.56. The number of aromatic nitrogens is 1. The highest BCUT2D eigenvalue weighted by molar-refractivity contribution is 5.71. The SMILES string of the molecule is Cc1ccc(-c2cc(C)nc(-c3ccc(C(F)(F)F)cc3)c2)cc1. The second kappa shape index (κ2) is 6.11. The summed E-state index contributed by atoms with van der Waals surface area (Å²) in [5.74, 6) is 0. The zero-order valence-electron chi connectivity index (χ0n) is 13.4. The lowest BCUT2D eigenvalue weighted by Gasteiger charge is -2.10. The van der Waals surface area contributed by atoms with Crippen LogP contribution in [0.2, 0.25) is 0 Å². The first-order valence-electron chi connectivity index (χ1n) is 7.56. The van der Waals surface area contributed by atoms with Crippen molar-refractivity contribution in [2.75, 3.05) is 0 Å². The van der Waals surface area contributed by atoms with E-state index in [0.29, 0.717) is 11.3 Å². The van der Waals surface area contributed by atoms with Crippen molar-refractivity contribution >= 4 is 0 Å². The lowest BCUT2D eigenvalue weighted by Crippen LogP contribution is -2.04. The quantitative estimate of drug-likeness (QED) is 0.558. The monoisotopic (exact) mass is 327 g/mol. The maximum absolute atomic E-state index is 12.7. The summed E-state index contributed by atoms with van der Waals surface area (Å²) in [4.78, 5) is 4.46. The lowest BCUT2D eigenvalue weighted by atomic mass is 10.0. The number of hydrogen-bond donors (Lipinski definition) is 0. The molecule has 4 heteroatoms. The van der Waals surface area contributed by atoms with E-state index in [1.54, 1.807) is 0 Å². The van der Waals surface area contributed by atoms with E-state index in [1.165, 1.54) is 17.7 Å². The van der Waals surface area contributed by atoms with Crippen molar-refractivity contribution in [3.8, 4) is 22.4 Å². The minimum Gasteiger partial charge on any atom is -0.253 e. The van der Waals surface area contributed by atoms with Crippen LogP contribution in [0.4, 0.5) is 13.2 Å². The normalized spacial score (nSPS) is 11.5. The van der Waals surface area contributed by atoms with Crippen molar-refractivity contribution in [3.63, 3.8) is 0 Å². The number of halogens is 3. The Kier molecular flexibility index (Phi) is 4.14. The summed E-state index contributed by atoms with van der Waals surface area (Å²) in [5, 5.41) is 0. The van der Waals surface area contributed by atoms with Gasteiger partial charge in [-0.2, -0.15) is 13.2 Å². The van der Waals surface area contributed by atoms with Crippen LogP contribution >= 0.6 is 0 Å². The van der Waals surface area contributed by atoms with E-state index in [9.17, 15) is 13.2 Å². The van der Waals surface area contributed by atoms with Gasteiger partial charge in [-0.1, -0.05) is 42.0 Å². The van der Waals surface area contributed by atoms with Crippen molar-refractivity contribution < 1.29 is 13.2 Å². The predicted molar refractivity (Wildman–Crippen MR) is 89.6 cm³/mol. The fourth-order valence-electron chi connectivity index (χ4n) is 2.56. The van der Waals surface area contributed by atoms with Gasteiger partial charge in [-0.15, -0.1) is 0 Å². The molecule has 1 nitrogen and oxygen atoms in total. The van der Waals surface area contributed by atoms with Crippen molar-refractivity contribution in [2.24, 2.45) is 0 Å². The molecular weight excluding hydrogens is 311 g/mol. The number of alkyl halides is 3. The van der Waals surface area contributed by atoms with Gasteiger partial charge >= 0.3 is 6.18 Å². The van der Waals surface area contributed by atoms with Crippen LogP contribution in [0.5, 0.6) is 0 Å². The standard InChI is InChI=1S/C20H16F3N/c1-13-3-5-15(6-4-13)17-11-14(2)24-19(12-17)16-7-9-18(10-8-16)20(21,22)23/h3-12H,1-2H3. The van der Waals surface area contributed by atoms with E-state index in [4.69, 9.17) is 0 Å². The number of aryl methyl sites for hydroxylation is 2. The topological polar surface area (TPSA) is 12.9 Å².